The van der Waals surface area contributed by atoms with E-state index in [1.54, 1.807) is 24.3 Å². The third-order valence-corrected chi connectivity index (χ3v) is 5.95. The van der Waals surface area contributed by atoms with Crippen LogP contribution in [0.1, 0.15) is 31.2 Å². The van der Waals surface area contributed by atoms with E-state index in [1.165, 1.54) is 5.56 Å². The number of nitrogens with one attached hydrogen (secondary N) is 1. The first-order chi connectivity index (χ1) is 17.0. The van der Waals surface area contributed by atoms with E-state index in [9.17, 15) is 4.79 Å². The number of ether oxygens (including phenoxy) is 2. The van der Waals surface area contributed by atoms with E-state index in [0.717, 1.165) is 22.6 Å². The fourth-order valence-corrected chi connectivity index (χ4v) is 4.07. The highest BCUT2D eigenvalue weighted by molar-refractivity contribution is 6.30. The highest BCUT2D eigenvalue weighted by Gasteiger charge is 2.12. The van der Waals surface area contributed by atoms with Crippen LogP contribution in [0.2, 0.25) is 5.02 Å². The number of nitrogens with zero attached hydrogens (tertiary/aromatic N) is 2. The first-order valence-electron chi connectivity index (χ1n) is 11.8. The average molecular weight is 492 g/mol. The Labute approximate surface area is 210 Å². The molecule has 1 N–H and O–H groups in total. The van der Waals surface area contributed by atoms with Gasteiger partial charge in [-0.3, -0.25) is 4.79 Å². The van der Waals surface area contributed by atoms with Gasteiger partial charge in [0.1, 0.15) is 23.9 Å². The predicted octanol–water partition coefficient (Wildman–Crippen LogP) is 5.63. The van der Waals surface area contributed by atoms with Crippen LogP contribution in [-0.2, 0) is 17.8 Å². The predicted molar refractivity (Wildman–Crippen MR) is 139 cm³/mol. The zero-order chi connectivity index (χ0) is 24.6. The van der Waals surface area contributed by atoms with Crippen LogP contribution in [0.25, 0.3) is 11.0 Å². The summed E-state index contributed by atoms with van der Waals surface area (Å²) in [7, 11) is 0. The Bertz CT molecular complexity index is 1270. The number of halogens is 1. The number of carbonyl (C=O) groups is 1. The molecular weight excluding hydrogens is 462 g/mol. The second kappa shape index (κ2) is 11.8. The lowest BCUT2D eigenvalue weighted by Gasteiger charge is -2.15. The molecule has 4 rings (SSSR count). The minimum Gasteiger partial charge on any atom is -0.491 e. The summed E-state index contributed by atoms with van der Waals surface area (Å²) >= 11 is 5.87. The van der Waals surface area contributed by atoms with Crippen molar-refractivity contribution >= 4 is 28.5 Å². The van der Waals surface area contributed by atoms with Gasteiger partial charge < -0.3 is 19.4 Å². The highest BCUT2D eigenvalue weighted by atomic mass is 35.5. The first kappa shape index (κ1) is 24.6. The van der Waals surface area contributed by atoms with Crippen molar-refractivity contribution in [3.05, 3.63) is 89.2 Å². The number of hydrogen-bond acceptors (Lipinski definition) is 4. The number of hydrogen-bond donors (Lipinski definition) is 1. The van der Waals surface area contributed by atoms with Gasteiger partial charge in [0.2, 0.25) is 0 Å². The number of carbonyl (C=O) groups excluding carboxylic acids is 1. The largest absolute Gasteiger partial charge is 0.491 e. The molecule has 6 nitrogen and oxygen atoms in total. The molecule has 0 saturated heterocycles. The van der Waals surface area contributed by atoms with Crippen molar-refractivity contribution in [2.45, 2.75) is 32.7 Å². The molecule has 0 atom stereocenters. The second-order valence-corrected chi connectivity index (χ2v) is 8.99. The van der Waals surface area contributed by atoms with Crippen LogP contribution in [0.4, 0.5) is 0 Å². The molecule has 0 saturated carbocycles. The Morgan fingerprint density at radius 1 is 1.00 bits per heavy atom. The van der Waals surface area contributed by atoms with Crippen molar-refractivity contribution < 1.29 is 14.3 Å². The zero-order valence-corrected chi connectivity index (χ0v) is 20.8. The van der Waals surface area contributed by atoms with Crippen molar-refractivity contribution in [3.63, 3.8) is 0 Å². The van der Waals surface area contributed by atoms with Gasteiger partial charge in [0, 0.05) is 18.0 Å². The summed E-state index contributed by atoms with van der Waals surface area (Å²) in [5.74, 6) is 2.64. The molecule has 0 fully saturated rings. The molecule has 0 unspecified atom stereocenters. The second-order valence-electron chi connectivity index (χ2n) is 8.55. The Morgan fingerprint density at radius 2 is 1.74 bits per heavy atom. The number of aromatic nitrogens is 2. The molecule has 0 bridgehead atoms. The van der Waals surface area contributed by atoms with Gasteiger partial charge in [0.15, 0.2) is 6.61 Å². The molecule has 182 valence electrons. The van der Waals surface area contributed by atoms with E-state index in [-0.39, 0.29) is 12.5 Å². The zero-order valence-electron chi connectivity index (χ0n) is 20.0. The molecule has 1 amide bonds. The molecule has 0 spiro atoms. The van der Waals surface area contributed by atoms with Gasteiger partial charge in [0.25, 0.3) is 5.91 Å². The Morgan fingerprint density at radius 3 is 2.54 bits per heavy atom. The van der Waals surface area contributed by atoms with Crippen LogP contribution >= 0.6 is 11.6 Å². The van der Waals surface area contributed by atoms with Crippen molar-refractivity contribution in [2.75, 3.05) is 19.8 Å². The molecule has 0 aliphatic carbocycles. The average Bonchev–Trinajstić information content (AvgIpc) is 3.21. The Balaban J connectivity index is 1.35. The smallest absolute Gasteiger partial charge is 0.257 e. The summed E-state index contributed by atoms with van der Waals surface area (Å²) < 4.78 is 13.8. The van der Waals surface area contributed by atoms with Crippen LogP contribution in [0.15, 0.2) is 72.8 Å². The maximum absolute atomic E-state index is 12.2. The number of fused-ring (bicyclic) bond motifs is 1. The lowest BCUT2D eigenvalue weighted by Crippen LogP contribution is -2.31. The van der Waals surface area contributed by atoms with Crippen molar-refractivity contribution in [2.24, 2.45) is 0 Å². The van der Waals surface area contributed by atoms with Gasteiger partial charge in [-0.05, 0) is 53.9 Å². The third-order valence-electron chi connectivity index (χ3n) is 5.70. The molecular formula is C28H30ClN3O3. The van der Waals surface area contributed by atoms with Crippen molar-refractivity contribution in [1.82, 2.24) is 14.9 Å². The minimum atomic E-state index is -0.184. The maximum Gasteiger partial charge on any atom is 0.257 e. The lowest BCUT2D eigenvalue weighted by atomic mass is 10.0. The van der Waals surface area contributed by atoms with E-state index in [0.29, 0.717) is 42.8 Å². The molecule has 7 heteroatoms. The summed E-state index contributed by atoms with van der Waals surface area (Å²) in [5.41, 5.74) is 3.19. The fraction of sp³-hybridized carbons (Fsp3) is 0.286. The van der Waals surface area contributed by atoms with Gasteiger partial charge in [-0.2, -0.15) is 0 Å². The van der Waals surface area contributed by atoms with Crippen LogP contribution in [0.3, 0.4) is 0 Å². The summed E-state index contributed by atoms with van der Waals surface area (Å²) in [6.07, 6.45) is 0.601. The van der Waals surface area contributed by atoms with Gasteiger partial charge in [-0.1, -0.05) is 55.8 Å². The van der Waals surface area contributed by atoms with E-state index in [4.69, 9.17) is 26.1 Å². The summed E-state index contributed by atoms with van der Waals surface area (Å²) in [6.45, 7) is 5.93. The van der Waals surface area contributed by atoms with Gasteiger partial charge in [0.05, 0.1) is 17.6 Å². The maximum atomic E-state index is 12.2. The SMILES string of the molecule is CC(C)c1ccccc1OCCn1c(CCNC(=O)COc2ccc(Cl)cc2)nc2ccccc21. The van der Waals surface area contributed by atoms with Crippen LogP contribution < -0.4 is 14.8 Å². The normalized spacial score (nSPS) is 11.1. The van der Waals surface area contributed by atoms with E-state index >= 15 is 0 Å². The van der Waals surface area contributed by atoms with E-state index in [2.05, 4.69) is 35.9 Å². The lowest BCUT2D eigenvalue weighted by molar-refractivity contribution is -0.123. The Kier molecular flexibility index (Phi) is 8.27. The van der Waals surface area contributed by atoms with Crippen LogP contribution in [0.5, 0.6) is 11.5 Å². The number of para-hydroxylation sites is 3. The molecule has 0 aliphatic heterocycles. The van der Waals surface area contributed by atoms with Crippen LogP contribution in [0, 0.1) is 0 Å². The quantitative estimate of drug-likeness (QED) is 0.295. The number of benzene rings is 3. The van der Waals surface area contributed by atoms with Crippen molar-refractivity contribution in [1.29, 1.82) is 0 Å². The molecule has 1 heterocycles. The molecule has 1 aromatic heterocycles. The Hall–Kier alpha value is -3.51. The summed E-state index contributed by atoms with van der Waals surface area (Å²) in [4.78, 5) is 17.0. The highest BCUT2D eigenvalue weighted by Crippen LogP contribution is 2.26. The number of rotatable bonds is 11. The topological polar surface area (TPSA) is 65.4 Å². The van der Waals surface area contributed by atoms with Gasteiger partial charge in [-0.25, -0.2) is 4.98 Å². The molecule has 3 aromatic carbocycles. The van der Waals surface area contributed by atoms with Crippen LogP contribution in [-0.4, -0.2) is 35.2 Å². The number of amides is 1. The number of imidazole rings is 1. The summed E-state index contributed by atoms with van der Waals surface area (Å²) in [5, 5.41) is 3.54. The molecule has 4 aromatic rings. The standard InChI is InChI=1S/C28H30ClN3O3/c1-20(2)23-7-3-6-10-26(23)34-18-17-32-25-9-5-4-8-24(25)31-27(32)15-16-30-28(33)19-35-22-13-11-21(29)12-14-22/h3-14,20H,15-19H2,1-2H3,(H,30,33). The van der Waals surface area contributed by atoms with E-state index in [1.807, 2.05) is 36.4 Å². The van der Waals surface area contributed by atoms with Gasteiger partial charge in [-0.15, -0.1) is 0 Å². The van der Waals surface area contributed by atoms with Crippen molar-refractivity contribution in [3.8, 4) is 11.5 Å². The third kappa shape index (κ3) is 6.55. The first-order valence-corrected chi connectivity index (χ1v) is 12.2. The molecule has 35 heavy (non-hydrogen) atoms. The fourth-order valence-electron chi connectivity index (χ4n) is 3.95. The monoisotopic (exact) mass is 491 g/mol. The van der Waals surface area contributed by atoms with Gasteiger partial charge >= 0.3 is 0 Å². The molecule has 0 aliphatic rings. The minimum absolute atomic E-state index is 0.0544. The molecule has 0 radical (unpaired) electrons. The summed E-state index contributed by atoms with van der Waals surface area (Å²) in [6, 6.07) is 23.1. The van der Waals surface area contributed by atoms with E-state index < -0.39 is 0 Å².